The van der Waals surface area contributed by atoms with Crippen molar-refractivity contribution in [3.8, 4) is 5.88 Å². The van der Waals surface area contributed by atoms with Gasteiger partial charge in [0.1, 0.15) is 23.9 Å². The van der Waals surface area contributed by atoms with E-state index >= 15 is 0 Å². The second-order valence-corrected chi connectivity index (χ2v) is 10.2. The average Bonchev–Trinajstić information content (AvgIpc) is 3.23. The summed E-state index contributed by atoms with van der Waals surface area (Å²) in [6, 6.07) is 12.9. The first-order valence-corrected chi connectivity index (χ1v) is 13.2. The lowest BCUT2D eigenvalue weighted by molar-refractivity contribution is -0.0592. The number of fused-ring (bicyclic) bond motifs is 1. The van der Waals surface area contributed by atoms with E-state index in [0.717, 1.165) is 69.1 Å². The zero-order valence-corrected chi connectivity index (χ0v) is 21.3. The molecule has 2 fully saturated rings. The summed E-state index contributed by atoms with van der Waals surface area (Å²) < 4.78 is 28.2. The fourth-order valence-corrected chi connectivity index (χ4v) is 5.32. The van der Waals surface area contributed by atoms with E-state index in [4.69, 9.17) is 26.1 Å². The van der Waals surface area contributed by atoms with Crippen molar-refractivity contribution < 1.29 is 13.9 Å². The maximum Gasteiger partial charge on any atom is 0.236 e. The molecule has 1 atom stereocenters. The van der Waals surface area contributed by atoms with Crippen molar-refractivity contribution in [2.45, 2.75) is 51.0 Å². The maximum atomic E-state index is 14.2. The Morgan fingerprint density at radius 1 is 1.05 bits per heavy atom. The van der Waals surface area contributed by atoms with Gasteiger partial charge in [-0.05, 0) is 56.6 Å². The van der Waals surface area contributed by atoms with Gasteiger partial charge in [-0.25, -0.2) is 14.4 Å². The van der Waals surface area contributed by atoms with Gasteiger partial charge in [0.25, 0.3) is 0 Å². The van der Waals surface area contributed by atoms with Crippen molar-refractivity contribution >= 4 is 22.6 Å². The van der Waals surface area contributed by atoms with E-state index in [0.29, 0.717) is 16.5 Å². The molecule has 0 bridgehead atoms. The minimum atomic E-state index is -0.388. The summed E-state index contributed by atoms with van der Waals surface area (Å²) in [5.74, 6) is 1.40. The zero-order valence-electron chi connectivity index (χ0n) is 20.5. The molecule has 0 unspecified atom stereocenters. The Hall–Kier alpha value is -3.07. The minimum Gasteiger partial charge on any atom is -0.471 e. The lowest BCUT2D eigenvalue weighted by Crippen LogP contribution is -2.35. The Balaban J connectivity index is 1.11. The van der Waals surface area contributed by atoms with Gasteiger partial charge in [0, 0.05) is 35.5 Å². The van der Waals surface area contributed by atoms with Crippen molar-refractivity contribution in [1.29, 1.82) is 0 Å². The molecule has 2 aliphatic rings. The molecule has 37 heavy (non-hydrogen) atoms. The van der Waals surface area contributed by atoms with E-state index in [1.54, 1.807) is 24.5 Å². The topological polar surface area (TPSA) is 65.3 Å². The van der Waals surface area contributed by atoms with Gasteiger partial charge in [-0.2, -0.15) is 0 Å². The number of halogens is 2. The highest BCUT2D eigenvalue weighted by Gasteiger charge is 2.27. The first-order valence-electron chi connectivity index (χ1n) is 12.8. The zero-order chi connectivity index (χ0) is 25.2. The number of imidazole rings is 1. The number of likely N-dealkylation sites (tertiary alicyclic amines) is 1. The van der Waals surface area contributed by atoms with Crippen LogP contribution >= 0.6 is 11.6 Å². The van der Waals surface area contributed by atoms with E-state index in [1.807, 2.05) is 6.07 Å². The molecule has 0 amide bonds. The highest BCUT2D eigenvalue weighted by atomic mass is 35.5. The van der Waals surface area contributed by atoms with Crippen LogP contribution in [0.5, 0.6) is 5.88 Å². The third kappa shape index (κ3) is 5.32. The molecule has 7 nitrogen and oxygen atoms in total. The fraction of sp³-hybridized carbons (Fsp3) is 0.393. The quantitative estimate of drug-likeness (QED) is 0.311. The van der Waals surface area contributed by atoms with Crippen LogP contribution in [0.15, 0.2) is 54.9 Å². The van der Waals surface area contributed by atoms with E-state index < -0.39 is 0 Å². The molecular formula is C28H29ClFN5O2. The van der Waals surface area contributed by atoms with Gasteiger partial charge in [0.2, 0.25) is 5.88 Å². The molecule has 0 saturated carbocycles. The van der Waals surface area contributed by atoms with Crippen LogP contribution in [0.4, 0.5) is 4.39 Å². The van der Waals surface area contributed by atoms with E-state index in [1.165, 1.54) is 11.6 Å². The van der Waals surface area contributed by atoms with Crippen LogP contribution in [-0.2, 0) is 24.4 Å². The first-order chi connectivity index (χ1) is 18.1. The van der Waals surface area contributed by atoms with Gasteiger partial charge in [0.15, 0.2) is 0 Å². The van der Waals surface area contributed by atoms with E-state index in [9.17, 15) is 4.39 Å². The van der Waals surface area contributed by atoms with Crippen LogP contribution < -0.4 is 4.74 Å². The highest BCUT2D eigenvalue weighted by molar-refractivity contribution is 6.30. The monoisotopic (exact) mass is 521 g/mol. The molecule has 6 rings (SSSR count). The van der Waals surface area contributed by atoms with Gasteiger partial charge < -0.3 is 14.0 Å². The second kappa shape index (κ2) is 10.7. The SMILES string of the molecule is Fc1cc(Cl)ccc1COc1nccnc1C1CCN(Cc2nc3ccccc3n2C[C@@H]2CCO2)CC1. The lowest BCUT2D eigenvalue weighted by Gasteiger charge is -2.32. The molecule has 2 saturated heterocycles. The van der Waals surface area contributed by atoms with Crippen molar-refractivity contribution in [1.82, 2.24) is 24.4 Å². The number of nitrogens with zero attached hydrogens (tertiary/aromatic N) is 5. The number of benzene rings is 2. The predicted molar refractivity (Wildman–Crippen MR) is 139 cm³/mol. The standard InChI is InChI=1S/C28H29ClFN5O2/c29-21-6-5-20(23(30)15-21)18-37-28-27(31-10-11-32-28)19-7-12-34(13-8-19)17-26-33-24-3-1-2-4-25(24)35(26)16-22-9-14-36-22/h1-6,10-11,15,19,22H,7-9,12-14,16-18H2/t22-/m0/s1. The molecule has 0 aliphatic carbocycles. The van der Waals surface area contributed by atoms with Crippen LogP contribution in [0.1, 0.15) is 42.3 Å². The first kappa shape index (κ1) is 24.3. The van der Waals surface area contributed by atoms with Crippen LogP contribution in [-0.4, -0.2) is 50.2 Å². The number of hydrogen-bond acceptors (Lipinski definition) is 6. The smallest absolute Gasteiger partial charge is 0.236 e. The predicted octanol–water partition coefficient (Wildman–Crippen LogP) is 5.37. The number of piperidine rings is 1. The summed E-state index contributed by atoms with van der Waals surface area (Å²) in [5.41, 5.74) is 3.48. The molecule has 0 spiro atoms. The number of aromatic nitrogens is 4. The Kier molecular flexibility index (Phi) is 7.04. The number of para-hydroxylation sites is 2. The third-order valence-electron chi connectivity index (χ3n) is 7.32. The van der Waals surface area contributed by atoms with Crippen LogP contribution in [0.2, 0.25) is 5.02 Å². The lowest BCUT2D eigenvalue weighted by atomic mass is 9.93. The Morgan fingerprint density at radius 2 is 1.86 bits per heavy atom. The highest BCUT2D eigenvalue weighted by Crippen LogP contribution is 2.33. The number of rotatable bonds is 8. The molecule has 0 radical (unpaired) electrons. The Bertz CT molecular complexity index is 1380. The van der Waals surface area contributed by atoms with Crippen molar-refractivity contribution in [3.05, 3.63) is 82.8 Å². The van der Waals surface area contributed by atoms with Gasteiger partial charge in [0.05, 0.1) is 30.2 Å². The molecule has 4 aromatic rings. The molecule has 192 valence electrons. The van der Waals surface area contributed by atoms with Gasteiger partial charge >= 0.3 is 0 Å². The summed E-state index contributed by atoms with van der Waals surface area (Å²) in [6.07, 6.45) is 6.57. The minimum absolute atomic E-state index is 0.0778. The third-order valence-corrected chi connectivity index (χ3v) is 7.56. The molecular weight excluding hydrogens is 493 g/mol. The molecule has 0 N–H and O–H groups in total. The van der Waals surface area contributed by atoms with Gasteiger partial charge in [-0.15, -0.1) is 0 Å². The van der Waals surface area contributed by atoms with Crippen LogP contribution in [0.3, 0.4) is 0 Å². The molecule has 2 aromatic carbocycles. The average molecular weight is 522 g/mol. The van der Waals surface area contributed by atoms with Gasteiger partial charge in [-0.1, -0.05) is 29.8 Å². The molecule has 2 aliphatic heterocycles. The van der Waals surface area contributed by atoms with Crippen molar-refractivity contribution in [3.63, 3.8) is 0 Å². The second-order valence-electron chi connectivity index (χ2n) is 9.73. The van der Waals surface area contributed by atoms with E-state index in [2.05, 4.69) is 37.6 Å². The van der Waals surface area contributed by atoms with E-state index in [-0.39, 0.29) is 24.4 Å². The number of ether oxygens (including phenoxy) is 2. The largest absolute Gasteiger partial charge is 0.471 e. The van der Waals surface area contributed by atoms with Gasteiger partial charge in [-0.3, -0.25) is 9.88 Å². The maximum absolute atomic E-state index is 14.2. The molecule has 2 aromatic heterocycles. The Morgan fingerprint density at radius 3 is 2.65 bits per heavy atom. The Labute approximate surface area is 220 Å². The normalized spacial score (nSPS) is 18.7. The fourth-order valence-electron chi connectivity index (χ4n) is 5.16. The van der Waals surface area contributed by atoms with Crippen molar-refractivity contribution in [2.24, 2.45) is 0 Å². The summed E-state index contributed by atoms with van der Waals surface area (Å²) in [7, 11) is 0. The summed E-state index contributed by atoms with van der Waals surface area (Å²) in [5, 5.41) is 0.361. The number of hydrogen-bond donors (Lipinski definition) is 0. The summed E-state index contributed by atoms with van der Waals surface area (Å²) in [4.78, 5) is 16.4. The van der Waals surface area contributed by atoms with Crippen LogP contribution in [0, 0.1) is 5.82 Å². The van der Waals surface area contributed by atoms with Crippen LogP contribution in [0.25, 0.3) is 11.0 Å². The molecule has 4 heterocycles. The summed E-state index contributed by atoms with van der Waals surface area (Å²) in [6.45, 7) is 4.43. The summed E-state index contributed by atoms with van der Waals surface area (Å²) >= 11 is 5.87. The van der Waals surface area contributed by atoms with Crippen molar-refractivity contribution in [2.75, 3.05) is 19.7 Å². The molecule has 9 heteroatoms.